The van der Waals surface area contributed by atoms with Gasteiger partial charge in [-0.25, -0.2) is 13.2 Å². The van der Waals surface area contributed by atoms with E-state index in [2.05, 4.69) is 13.8 Å². The van der Waals surface area contributed by atoms with E-state index in [0.29, 0.717) is 12.8 Å². The van der Waals surface area contributed by atoms with Crippen LogP contribution in [-0.4, -0.2) is 16.1 Å². The van der Waals surface area contributed by atoms with Gasteiger partial charge in [0.15, 0.2) is 0 Å². The van der Waals surface area contributed by atoms with Crippen molar-refractivity contribution in [3.63, 3.8) is 0 Å². The van der Waals surface area contributed by atoms with Crippen molar-refractivity contribution in [2.24, 2.45) is 0 Å². The van der Waals surface area contributed by atoms with Gasteiger partial charge in [0.25, 0.3) is 0 Å². The number of rotatable bonds is 9. The summed E-state index contributed by atoms with van der Waals surface area (Å²) in [6.07, 6.45) is 5.85. The highest BCUT2D eigenvalue weighted by Crippen LogP contribution is 2.26. The maximum Gasteiger partial charge on any atom is 0.146 e. The second-order valence-corrected chi connectivity index (χ2v) is 5.91. The summed E-state index contributed by atoms with van der Waals surface area (Å²) in [5, 5.41) is 0. The predicted molar refractivity (Wildman–Crippen MR) is 82.8 cm³/mol. The maximum atomic E-state index is 13.5. The molecule has 0 bridgehead atoms. The molecule has 21 heavy (non-hydrogen) atoms. The van der Waals surface area contributed by atoms with Crippen molar-refractivity contribution in [1.29, 1.82) is 0 Å². The van der Waals surface area contributed by atoms with Gasteiger partial charge in [0.1, 0.15) is 27.9 Å². The highest BCUT2D eigenvalue weighted by molar-refractivity contribution is 5.98. The Labute approximate surface area is 128 Å². The zero-order valence-electron chi connectivity index (χ0n) is 13.1. The minimum atomic E-state index is -0.867. The highest BCUT2D eigenvalue weighted by atomic mass is 28.2. The average molecular weight is 318 g/mol. The van der Waals surface area contributed by atoms with Crippen LogP contribution < -0.4 is 0 Å². The molecule has 0 unspecified atom stereocenters. The van der Waals surface area contributed by atoms with Crippen molar-refractivity contribution in [3.05, 3.63) is 35.1 Å². The Kier molecular flexibility index (Phi) is 7.46. The van der Waals surface area contributed by atoms with Gasteiger partial charge < -0.3 is 4.43 Å². The molecular formula is C16H25F3OSi. The smallest absolute Gasteiger partial charge is 0.146 e. The van der Waals surface area contributed by atoms with Gasteiger partial charge in [-0.05, 0) is 32.1 Å². The van der Waals surface area contributed by atoms with E-state index in [1.54, 1.807) is 0 Å². The molecule has 1 aromatic rings. The number of hydrogen-bond acceptors (Lipinski definition) is 1. The van der Waals surface area contributed by atoms with Gasteiger partial charge >= 0.3 is 0 Å². The standard InChI is InChI=1S/C16H25F3OSi/c1-3-16(4-2,20-21)9-7-5-6-8-13-14(18)10-12(17)11-15(13)19/h10-11H,3-9H2,1-2,21H3. The van der Waals surface area contributed by atoms with Crippen molar-refractivity contribution in [1.82, 2.24) is 0 Å². The van der Waals surface area contributed by atoms with Crippen molar-refractivity contribution in [3.8, 4) is 0 Å². The SMILES string of the molecule is CCC(CC)(CCCCCc1c(F)cc(F)cc1F)O[SiH3]. The van der Waals surface area contributed by atoms with Crippen LogP contribution in [-0.2, 0) is 10.8 Å². The molecule has 1 rings (SSSR count). The molecule has 0 aliphatic heterocycles. The lowest BCUT2D eigenvalue weighted by atomic mass is 9.90. The van der Waals surface area contributed by atoms with Crippen LogP contribution in [0.3, 0.4) is 0 Å². The summed E-state index contributed by atoms with van der Waals surface area (Å²) >= 11 is 0. The van der Waals surface area contributed by atoms with Crippen molar-refractivity contribution < 1.29 is 17.6 Å². The van der Waals surface area contributed by atoms with E-state index in [-0.39, 0.29) is 11.2 Å². The third-order valence-electron chi connectivity index (χ3n) is 4.39. The predicted octanol–water partition coefficient (Wildman–Crippen LogP) is 4.06. The molecule has 0 radical (unpaired) electrons. The first-order chi connectivity index (χ1) is 9.98. The molecule has 0 saturated carbocycles. The summed E-state index contributed by atoms with van der Waals surface area (Å²) in [4.78, 5) is 0. The second-order valence-electron chi connectivity index (χ2n) is 5.50. The fourth-order valence-electron chi connectivity index (χ4n) is 2.73. The molecule has 0 N–H and O–H groups in total. The van der Waals surface area contributed by atoms with Crippen molar-refractivity contribution >= 4 is 10.5 Å². The number of halogens is 3. The van der Waals surface area contributed by atoms with E-state index < -0.39 is 17.5 Å². The lowest BCUT2D eigenvalue weighted by Crippen LogP contribution is -2.30. The van der Waals surface area contributed by atoms with Crippen molar-refractivity contribution in [2.75, 3.05) is 0 Å². The quantitative estimate of drug-likeness (QED) is 0.493. The first-order valence-corrected chi connectivity index (χ1v) is 8.48. The fraction of sp³-hybridized carbons (Fsp3) is 0.625. The van der Waals surface area contributed by atoms with Gasteiger partial charge in [0.2, 0.25) is 0 Å². The monoisotopic (exact) mass is 318 g/mol. The second kappa shape index (κ2) is 8.59. The number of benzene rings is 1. The Morgan fingerprint density at radius 1 is 1.00 bits per heavy atom. The van der Waals surface area contributed by atoms with E-state index in [1.165, 1.54) is 0 Å². The lowest BCUT2D eigenvalue weighted by Gasteiger charge is -2.31. The Bertz CT molecular complexity index is 416. The van der Waals surface area contributed by atoms with Crippen LogP contribution in [0.25, 0.3) is 0 Å². The van der Waals surface area contributed by atoms with Crippen LogP contribution in [0.2, 0.25) is 0 Å². The zero-order chi connectivity index (χ0) is 15.9. The van der Waals surface area contributed by atoms with Crippen LogP contribution in [0.4, 0.5) is 13.2 Å². The molecule has 0 saturated heterocycles. The van der Waals surface area contributed by atoms with Crippen LogP contribution in [0.1, 0.15) is 57.9 Å². The fourth-order valence-corrected chi connectivity index (χ4v) is 3.51. The normalized spacial score (nSPS) is 12.0. The molecule has 0 aliphatic carbocycles. The summed E-state index contributed by atoms with van der Waals surface area (Å²) in [6, 6.07) is 1.49. The largest absolute Gasteiger partial charge is 0.422 e. The molecule has 0 fully saturated rings. The molecule has 0 heterocycles. The van der Waals surface area contributed by atoms with Gasteiger partial charge in [-0.3, -0.25) is 0 Å². The van der Waals surface area contributed by atoms with Gasteiger partial charge in [0.05, 0.1) is 5.60 Å². The van der Waals surface area contributed by atoms with Crippen LogP contribution in [0.5, 0.6) is 0 Å². The summed E-state index contributed by atoms with van der Waals surface area (Å²) < 4.78 is 45.5. The van der Waals surface area contributed by atoms with Crippen LogP contribution >= 0.6 is 0 Å². The van der Waals surface area contributed by atoms with E-state index in [0.717, 1.165) is 54.7 Å². The lowest BCUT2D eigenvalue weighted by molar-refractivity contribution is 0.0583. The van der Waals surface area contributed by atoms with Crippen LogP contribution in [0.15, 0.2) is 12.1 Å². The average Bonchev–Trinajstić information content (AvgIpc) is 2.45. The molecule has 120 valence electrons. The number of hydrogen-bond donors (Lipinski definition) is 0. The molecule has 1 nitrogen and oxygen atoms in total. The zero-order valence-corrected chi connectivity index (χ0v) is 15.1. The van der Waals surface area contributed by atoms with E-state index in [1.807, 2.05) is 0 Å². The first-order valence-electron chi connectivity index (χ1n) is 7.66. The Morgan fingerprint density at radius 2 is 1.57 bits per heavy atom. The summed E-state index contributed by atoms with van der Waals surface area (Å²) in [6.45, 7) is 4.26. The third-order valence-corrected chi connectivity index (χ3v) is 5.25. The first kappa shape index (κ1) is 18.2. The third kappa shape index (κ3) is 5.15. The molecule has 1 aromatic carbocycles. The van der Waals surface area contributed by atoms with Crippen LogP contribution in [0, 0.1) is 17.5 Å². The van der Waals surface area contributed by atoms with E-state index in [9.17, 15) is 13.2 Å². The summed E-state index contributed by atoms with van der Waals surface area (Å²) in [5.74, 6) is -2.44. The molecule has 0 aromatic heterocycles. The Balaban J connectivity index is 2.42. The molecule has 0 atom stereocenters. The number of unbranched alkanes of at least 4 members (excludes halogenated alkanes) is 2. The summed E-state index contributed by atoms with van der Waals surface area (Å²) in [5.41, 5.74) is -0.0220. The molecule has 0 aliphatic rings. The van der Waals surface area contributed by atoms with Gasteiger partial charge in [0, 0.05) is 17.7 Å². The minimum Gasteiger partial charge on any atom is -0.422 e. The van der Waals surface area contributed by atoms with Gasteiger partial charge in [-0.15, -0.1) is 0 Å². The van der Waals surface area contributed by atoms with E-state index in [4.69, 9.17) is 4.43 Å². The Hall–Kier alpha value is -0.813. The summed E-state index contributed by atoms with van der Waals surface area (Å²) in [7, 11) is 0.726. The maximum absolute atomic E-state index is 13.5. The molecule has 5 heteroatoms. The topological polar surface area (TPSA) is 9.23 Å². The van der Waals surface area contributed by atoms with Gasteiger partial charge in [-0.2, -0.15) is 0 Å². The molecular weight excluding hydrogens is 293 g/mol. The van der Waals surface area contributed by atoms with Crippen molar-refractivity contribution in [2.45, 2.75) is 64.4 Å². The molecule has 0 amide bonds. The molecule has 0 spiro atoms. The minimum absolute atomic E-state index is 0.00667. The van der Waals surface area contributed by atoms with E-state index >= 15 is 0 Å². The van der Waals surface area contributed by atoms with Gasteiger partial charge in [-0.1, -0.05) is 26.7 Å². The highest BCUT2D eigenvalue weighted by Gasteiger charge is 2.23. The Morgan fingerprint density at radius 3 is 2.05 bits per heavy atom.